The van der Waals surface area contributed by atoms with Crippen molar-refractivity contribution in [2.24, 2.45) is 0 Å². The first kappa shape index (κ1) is 18.8. The third-order valence-electron chi connectivity index (χ3n) is 4.50. The Kier molecular flexibility index (Phi) is 5.95. The lowest BCUT2D eigenvalue weighted by atomic mass is 10.1. The quantitative estimate of drug-likeness (QED) is 0.863. The van der Waals surface area contributed by atoms with Crippen LogP contribution in [0.1, 0.15) is 23.0 Å². The summed E-state index contributed by atoms with van der Waals surface area (Å²) in [6.07, 6.45) is 2.24. The average Bonchev–Trinajstić information content (AvgIpc) is 2.69. The molecule has 2 aromatic rings. The van der Waals surface area contributed by atoms with Crippen molar-refractivity contribution in [3.05, 3.63) is 53.6 Å². The number of hydrogen-bond donors (Lipinski definition) is 1. The van der Waals surface area contributed by atoms with Crippen molar-refractivity contribution >= 4 is 17.8 Å². The molecule has 2 amide bonds. The number of anilines is 1. The lowest BCUT2D eigenvalue weighted by molar-refractivity contribution is -0.130. The van der Waals surface area contributed by atoms with Crippen LogP contribution in [0.25, 0.3) is 0 Å². The molecule has 1 aliphatic heterocycles. The maximum atomic E-state index is 12.9. The molecule has 27 heavy (non-hydrogen) atoms. The monoisotopic (exact) mass is 371 g/mol. The molecule has 2 heterocycles. The van der Waals surface area contributed by atoms with E-state index in [2.05, 4.69) is 15.3 Å². The van der Waals surface area contributed by atoms with Crippen molar-refractivity contribution < 1.29 is 14.0 Å². The predicted octanol–water partition coefficient (Wildman–Crippen LogP) is 1.57. The zero-order valence-corrected chi connectivity index (χ0v) is 15.2. The molecule has 0 unspecified atom stereocenters. The smallest absolute Gasteiger partial charge is 0.272 e. The van der Waals surface area contributed by atoms with Gasteiger partial charge in [-0.3, -0.25) is 9.59 Å². The fourth-order valence-corrected chi connectivity index (χ4v) is 2.92. The Balaban J connectivity index is 1.54. The molecule has 1 fully saturated rings. The summed E-state index contributed by atoms with van der Waals surface area (Å²) in [5.74, 6) is -0.0188. The van der Waals surface area contributed by atoms with Crippen LogP contribution >= 0.6 is 0 Å². The minimum atomic E-state index is -0.259. The van der Waals surface area contributed by atoms with E-state index in [0.29, 0.717) is 50.8 Å². The van der Waals surface area contributed by atoms with Crippen LogP contribution in [-0.2, 0) is 11.2 Å². The Labute approximate surface area is 157 Å². The first-order valence-corrected chi connectivity index (χ1v) is 8.89. The number of piperazine rings is 1. The second-order valence-electron chi connectivity index (χ2n) is 6.37. The molecule has 1 N–H and O–H groups in total. The van der Waals surface area contributed by atoms with Gasteiger partial charge in [0.1, 0.15) is 11.5 Å². The SMILES string of the molecule is CC(=O)N1CCN(C(=O)c2ccnc(NCCc3ccc(F)cc3)n2)CC1. The molecule has 3 rings (SSSR count). The van der Waals surface area contributed by atoms with E-state index in [1.165, 1.54) is 19.1 Å². The van der Waals surface area contributed by atoms with Crippen LogP contribution in [0.4, 0.5) is 10.3 Å². The summed E-state index contributed by atoms with van der Waals surface area (Å²) in [5, 5.41) is 3.09. The standard InChI is InChI=1S/C19H22FN5O2/c1-14(26)24-10-12-25(13-11-24)18(27)17-7-9-22-19(23-17)21-8-6-15-2-4-16(20)5-3-15/h2-5,7,9H,6,8,10-13H2,1H3,(H,21,22,23). The van der Waals surface area contributed by atoms with Gasteiger partial charge in [-0.1, -0.05) is 12.1 Å². The molecule has 0 bridgehead atoms. The van der Waals surface area contributed by atoms with E-state index >= 15 is 0 Å². The van der Waals surface area contributed by atoms with Crippen molar-refractivity contribution in [1.82, 2.24) is 19.8 Å². The number of nitrogens with one attached hydrogen (secondary N) is 1. The van der Waals surface area contributed by atoms with Gasteiger partial charge in [-0.25, -0.2) is 14.4 Å². The Hall–Kier alpha value is -3.03. The highest BCUT2D eigenvalue weighted by molar-refractivity contribution is 5.92. The summed E-state index contributed by atoms with van der Waals surface area (Å²) in [7, 11) is 0. The predicted molar refractivity (Wildman–Crippen MR) is 98.8 cm³/mol. The Bertz CT molecular complexity index is 804. The number of hydrogen-bond acceptors (Lipinski definition) is 5. The van der Waals surface area contributed by atoms with Gasteiger partial charge in [0.15, 0.2) is 0 Å². The zero-order chi connectivity index (χ0) is 19.2. The lowest BCUT2D eigenvalue weighted by Crippen LogP contribution is -2.50. The highest BCUT2D eigenvalue weighted by Gasteiger charge is 2.24. The van der Waals surface area contributed by atoms with Crippen LogP contribution in [0.15, 0.2) is 36.5 Å². The van der Waals surface area contributed by atoms with Gasteiger partial charge in [0.05, 0.1) is 0 Å². The first-order valence-electron chi connectivity index (χ1n) is 8.89. The van der Waals surface area contributed by atoms with Crippen molar-refractivity contribution in [3.63, 3.8) is 0 Å². The Morgan fingerprint density at radius 1 is 1.07 bits per heavy atom. The fraction of sp³-hybridized carbons (Fsp3) is 0.368. The minimum Gasteiger partial charge on any atom is -0.354 e. The topological polar surface area (TPSA) is 78.4 Å². The number of benzene rings is 1. The van der Waals surface area contributed by atoms with Crippen molar-refractivity contribution in [3.8, 4) is 0 Å². The molecule has 1 saturated heterocycles. The zero-order valence-electron chi connectivity index (χ0n) is 15.2. The van der Waals surface area contributed by atoms with E-state index in [1.807, 2.05) is 0 Å². The maximum absolute atomic E-state index is 12.9. The second kappa shape index (κ2) is 8.57. The number of amides is 2. The van der Waals surface area contributed by atoms with Gasteiger partial charge in [0.2, 0.25) is 11.9 Å². The van der Waals surface area contributed by atoms with Gasteiger partial charge >= 0.3 is 0 Å². The van der Waals surface area contributed by atoms with E-state index in [-0.39, 0.29) is 17.6 Å². The lowest BCUT2D eigenvalue weighted by Gasteiger charge is -2.34. The normalized spacial score (nSPS) is 14.1. The van der Waals surface area contributed by atoms with Crippen molar-refractivity contribution in [1.29, 1.82) is 0 Å². The number of nitrogens with zero attached hydrogens (tertiary/aromatic N) is 4. The molecule has 1 aliphatic rings. The molecule has 1 aromatic heterocycles. The van der Waals surface area contributed by atoms with E-state index in [1.54, 1.807) is 34.2 Å². The van der Waals surface area contributed by atoms with Crippen molar-refractivity contribution in [2.45, 2.75) is 13.3 Å². The van der Waals surface area contributed by atoms with Crippen LogP contribution in [0.3, 0.4) is 0 Å². The highest BCUT2D eigenvalue weighted by atomic mass is 19.1. The molecule has 7 nitrogen and oxygen atoms in total. The maximum Gasteiger partial charge on any atom is 0.272 e. The van der Waals surface area contributed by atoms with Crippen LogP contribution < -0.4 is 5.32 Å². The molecule has 0 spiro atoms. The van der Waals surface area contributed by atoms with Crippen LogP contribution in [0.2, 0.25) is 0 Å². The van der Waals surface area contributed by atoms with Gasteiger partial charge in [-0.2, -0.15) is 0 Å². The number of carbonyl (C=O) groups excluding carboxylic acids is 2. The fourth-order valence-electron chi connectivity index (χ4n) is 2.92. The van der Waals surface area contributed by atoms with Crippen LogP contribution in [0.5, 0.6) is 0 Å². The van der Waals surface area contributed by atoms with Gasteiger partial charge in [-0.15, -0.1) is 0 Å². The first-order chi connectivity index (χ1) is 13.0. The molecule has 0 aliphatic carbocycles. The average molecular weight is 371 g/mol. The van der Waals surface area contributed by atoms with Crippen molar-refractivity contribution in [2.75, 3.05) is 38.0 Å². The van der Waals surface area contributed by atoms with Crippen LogP contribution in [-0.4, -0.2) is 64.3 Å². The van der Waals surface area contributed by atoms with Crippen LogP contribution in [0, 0.1) is 5.82 Å². The summed E-state index contributed by atoms with van der Waals surface area (Å²) in [6, 6.07) is 7.91. The number of aromatic nitrogens is 2. The van der Waals surface area contributed by atoms with Gasteiger partial charge in [-0.05, 0) is 30.2 Å². The third kappa shape index (κ3) is 4.99. The second-order valence-corrected chi connectivity index (χ2v) is 6.37. The summed E-state index contributed by atoms with van der Waals surface area (Å²) in [6.45, 7) is 4.17. The molecule has 0 atom stereocenters. The van der Waals surface area contributed by atoms with Gasteiger partial charge in [0.25, 0.3) is 5.91 Å². The Morgan fingerprint density at radius 2 is 1.74 bits per heavy atom. The minimum absolute atomic E-state index is 0.0248. The number of carbonyl (C=O) groups is 2. The molecule has 0 saturated carbocycles. The van der Waals surface area contributed by atoms with Gasteiger partial charge in [0, 0.05) is 45.8 Å². The largest absolute Gasteiger partial charge is 0.354 e. The molecule has 142 valence electrons. The summed E-state index contributed by atoms with van der Waals surface area (Å²) in [4.78, 5) is 35.9. The molecular weight excluding hydrogens is 349 g/mol. The summed E-state index contributed by atoms with van der Waals surface area (Å²) < 4.78 is 12.9. The summed E-state index contributed by atoms with van der Waals surface area (Å²) in [5.41, 5.74) is 1.32. The Morgan fingerprint density at radius 3 is 2.41 bits per heavy atom. The molecule has 0 radical (unpaired) electrons. The van der Waals surface area contributed by atoms with Gasteiger partial charge < -0.3 is 15.1 Å². The highest BCUT2D eigenvalue weighted by Crippen LogP contribution is 2.09. The van der Waals surface area contributed by atoms with E-state index in [4.69, 9.17) is 0 Å². The van der Waals surface area contributed by atoms with E-state index in [9.17, 15) is 14.0 Å². The van der Waals surface area contributed by atoms with E-state index in [0.717, 1.165) is 5.56 Å². The molecule has 1 aromatic carbocycles. The number of halogens is 1. The molecule has 8 heteroatoms. The van der Waals surface area contributed by atoms with E-state index < -0.39 is 0 Å². The molecular formula is C19H22FN5O2. The third-order valence-corrected chi connectivity index (χ3v) is 4.50. The number of rotatable bonds is 5. The summed E-state index contributed by atoms with van der Waals surface area (Å²) >= 11 is 0.